The van der Waals surface area contributed by atoms with Gasteiger partial charge in [-0.15, -0.1) is 11.3 Å². The molecule has 5 aliphatic rings. The molecule has 8 aromatic rings. The second kappa shape index (κ2) is 12.4. The third-order valence-corrected chi connectivity index (χ3v) is 18.4. The van der Waals surface area contributed by atoms with Crippen molar-refractivity contribution in [2.45, 2.75) is 135 Å². The highest BCUT2D eigenvalue weighted by atomic mass is 32.1. The summed E-state index contributed by atoms with van der Waals surface area (Å²) in [6.45, 7) is 19.9. The molecule has 2 atom stereocenters. The lowest BCUT2D eigenvalue weighted by Crippen LogP contribution is -2.64. The van der Waals surface area contributed by atoms with E-state index in [1.165, 1.54) is 149 Å². The number of para-hydroxylation sites is 1. The van der Waals surface area contributed by atoms with Crippen molar-refractivity contribution in [3.05, 3.63) is 119 Å². The van der Waals surface area contributed by atoms with Crippen molar-refractivity contribution in [2.24, 2.45) is 0 Å². The van der Waals surface area contributed by atoms with Crippen LogP contribution in [0, 0.1) is 6.92 Å². The van der Waals surface area contributed by atoms with Crippen molar-refractivity contribution in [2.75, 3.05) is 9.71 Å². The van der Waals surface area contributed by atoms with Crippen molar-refractivity contribution in [1.82, 2.24) is 0 Å². The van der Waals surface area contributed by atoms with Crippen molar-refractivity contribution >= 4 is 94.0 Å². The number of aryl methyl sites for hydroxylation is 2. The highest BCUT2D eigenvalue weighted by molar-refractivity contribution is 7.25. The molecule has 0 bridgehead atoms. The first-order chi connectivity index (χ1) is 29.8. The Bertz CT molecular complexity index is 3280. The van der Waals surface area contributed by atoms with Gasteiger partial charge in [0, 0.05) is 70.2 Å². The minimum absolute atomic E-state index is 0.0297. The van der Waals surface area contributed by atoms with Gasteiger partial charge < -0.3 is 14.1 Å². The predicted molar refractivity (Wildman–Crippen MR) is 267 cm³/mol. The maximum absolute atomic E-state index is 7.20. The molecular weight excluding hydrogens is 772 g/mol. The summed E-state index contributed by atoms with van der Waals surface area (Å²) in [6.07, 6.45) is 10.8. The number of fused-ring (bicyclic) bond motifs is 15. The minimum Gasteiger partial charge on any atom is -0.455 e. The van der Waals surface area contributed by atoms with Crippen LogP contribution in [0.15, 0.2) is 95.4 Å². The van der Waals surface area contributed by atoms with Crippen LogP contribution in [0.5, 0.6) is 0 Å². The third kappa shape index (κ3) is 4.64. The van der Waals surface area contributed by atoms with E-state index >= 15 is 0 Å². The van der Waals surface area contributed by atoms with Gasteiger partial charge in [0.05, 0.1) is 5.54 Å². The molecule has 1 fully saturated rings. The molecule has 1 saturated carbocycles. The normalized spacial score (nSPS) is 22.6. The molecule has 0 radical (unpaired) electrons. The Hall–Kier alpha value is -5.00. The SMILES string of the molecule is CCCCc1cc2c3c(c1)C1(C)CCCCC1(C)N3c1cc3c(oc4ccccc43)c3c1B2N(c1cc2c(cc1C)C(C)(C)CCC2(C)C)c1cc2c(cc1-3)sc1ccccc12. The van der Waals surface area contributed by atoms with Crippen LogP contribution >= 0.6 is 11.3 Å². The van der Waals surface area contributed by atoms with E-state index in [0.29, 0.717) is 0 Å². The van der Waals surface area contributed by atoms with Gasteiger partial charge in [-0.05, 0) is 138 Å². The molecule has 0 amide bonds. The van der Waals surface area contributed by atoms with E-state index in [4.69, 9.17) is 4.42 Å². The molecule has 2 aliphatic carbocycles. The summed E-state index contributed by atoms with van der Waals surface area (Å²) in [5, 5.41) is 5.13. The van der Waals surface area contributed by atoms with E-state index in [0.717, 1.165) is 17.6 Å². The zero-order chi connectivity index (χ0) is 42.2. The van der Waals surface area contributed by atoms with E-state index in [-0.39, 0.29) is 28.6 Å². The molecule has 0 saturated heterocycles. The number of furan rings is 1. The van der Waals surface area contributed by atoms with E-state index < -0.39 is 0 Å². The Labute approximate surface area is 371 Å². The summed E-state index contributed by atoms with van der Waals surface area (Å²) in [6, 6.07) is 36.1. The van der Waals surface area contributed by atoms with Crippen LogP contribution in [0.4, 0.5) is 22.7 Å². The first-order valence-corrected chi connectivity index (χ1v) is 24.5. The maximum atomic E-state index is 7.20. The quantitative estimate of drug-likeness (QED) is 0.165. The van der Waals surface area contributed by atoms with Gasteiger partial charge in [-0.25, -0.2) is 0 Å². The molecule has 3 nitrogen and oxygen atoms in total. The van der Waals surface area contributed by atoms with Gasteiger partial charge in [-0.2, -0.15) is 0 Å². The van der Waals surface area contributed by atoms with Gasteiger partial charge in [0.1, 0.15) is 11.2 Å². The van der Waals surface area contributed by atoms with Crippen LogP contribution in [0.1, 0.15) is 128 Å². The molecule has 5 heterocycles. The summed E-state index contributed by atoms with van der Waals surface area (Å²) < 4.78 is 9.88. The Morgan fingerprint density at radius 3 is 2.21 bits per heavy atom. The number of hydrogen-bond acceptors (Lipinski definition) is 4. The van der Waals surface area contributed by atoms with E-state index in [1.807, 2.05) is 11.3 Å². The van der Waals surface area contributed by atoms with Gasteiger partial charge in [-0.3, -0.25) is 0 Å². The number of nitrogens with zero attached hydrogens (tertiary/aromatic N) is 2. The summed E-state index contributed by atoms with van der Waals surface area (Å²) >= 11 is 1.93. The monoisotopic (exact) mass is 828 g/mol. The third-order valence-electron chi connectivity index (χ3n) is 17.3. The highest BCUT2D eigenvalue weighted by Gasteiger charge is 2.62. The average molecular weight is 829 g/mol. The molecule has 2 aromatic heterocycles. The topological polar surface area (TPSA) is 19.6 Å². The van der Waals surface area contributed by atoms with E-state index in [9.17, 15) is 0 Å². The molecule has 13 rings (SSSR count). The molecule has 0 spiro atoms. The Kier molecular flexibility index (Phi) is 7.50. The Balaban J connectivity index is 1.23. The molecule has 0 N–H and O–H groups in total. The first-order valence-electron chi connectivity index (χ1n) is 23.7. The van der Waals surface area contributed by atoms with Crippen molar-refractivity contribution < 1.29 is 4.42 Å². The van der Waals surface area contributed by atoms with Gasteiger partial charge in [0.15, 0.2) is 0 Å². The summed E-state index contributed by atoms with van der Waals surface area (Å²) in [5.74, 6) is 0. The standard InChI is InChI=1S/C57H57BN2OS/c1-9-10-17-34-27-42-52-43(28-34)58-51-46(59(52)57(8)23-16-15-22-56(42,57)7)30-38-35-18-11-13-20-47(35)61-53(38)50(51)39-31-49-37(36-19-12-14-21-48(36)62-49)29-45(39)60(58)44-32-41-40(26-33(44)2)54(3,4)24-25-55(41,5)6/h11-14,18-21,26-32H,9-10,15-17,22-25H2,1-8H3. The zero-order valence-electron chi connectivity index (χ0n) is 37.8. The van der Waals surface area contributed by atoms with Crippen LogP contribution in [-0.4, -0.2) is 12.4 Å². The summed E-state index contributed by atoms with van der Waals surface area (Å²) in [7, 11) is 0. The van der Waals surface area contributed by atoms with Gasteiger partial charge in [0.2, 0.25) is 0 Å². The molecular formula is C57H57BN2OS. The number of hydrogen-bond donors (Lipinski definition) is 0. The molecule has 3 aliphatic heterocycles. The second-order valence-corrected chi connectivity index (χ2v) is 22.8. The molecule has 62 heavy (non-hydrogen) atoms. The molecule has 6 aromatic carbocycles. The largest absolute Gasteiger partial charge is 0.455 e. The lowest BCUT2D eigenvalue weighted by Gasteiger charge is -2.53. The lowest BCUT2D eigenvalue weighted by molar-refractivity contribution is 0.195. The van der Waals surface area contributed by atoms with E-state index in [2.05, 4.69) is 156 Å². The molecule has 310 valence electrons. The molecule has 5 heteroatoms. The number of benzene rings is 6. The average Bonchev–Trinajstić information content (AvgIpc) is 3.88. The fourth-order valence-corrected chi connectivity index (χ4v) is 14.7. The number of anilines is 4. The van der Waals surface area contributed by atoms with Crippen LogP contribution in [0.2, 0.25) is 0 Å². The van der Waals surface area contributed by atoms with Crippen LogP contribution in [-0.2, 0) is 22.7 Å². The predicted octanol–water partition coefficient (Wildman–Crippen LogP) is 14.9. The Morgan fingerprint density at radius 1 is 0.677 bits per heavy atom. The van der Waals surface area contributed by atoms with Gasteiger partial charge in [-0.1, -0.05) is 115 Å². The van der Waals surface area contributed by atoms with Crippen molar-refractivity contribution in [3.8, 4) is 11.1 Å². The first kappa shape index (κ1) is 37.5. The fraction of sp³-hybridized carbons (Fsp3) is 0.368. The Morgan fingerprint density at radius 2 is 1.40 bits per heavy atom. The van der Waals surface area contributed by atoms with Gasteiger partial charge >= 0.3 is 6.85 Å². The minimum atomic E-state index is -0.0600. The van der Waals surface area contributed by atoms with Crippen molar-refractivity contribution in [3.63, 3.8) is 0 Å². The number of unbranched alkanes of at least 4 members (excludes halogenated alkanes) is 1. The van der Waals surface area contributed by atoms with E-state index in [1.54, 1.807) is 5.56 Å². The molecule has 2 unspecified atom stereocenters. The highest BCUT2D eigenvalue weighted by Crippen LogP contribution is 2.63. The lowest BCUT2D eigenvalue weighted by atomic mass is 9.43. The smallest absolute Gasteiger partial charge is 0.333 e. The van der Waals surface area contributed by atoms with Crippen LogP contribution < -0.4 is 20.6 Å². The maximum Gasteiger partial charge on any atom is 0.333 e. The second-order valence-electron chi connectivity index (χ2n) is 21.7. The summed E-state index contributed by atoms with van der Waals surface area (Å²) in [5.41, 5.74) is 20.7. The number of thiophene rings is 1. The van der Waals surface area contributed by atoms with Crippen LogP contribution in [0.25, 0.3) is 53.2 Å². The van der Waals surface area contributed by atoms with Crippen molar-refractivity contribution in [1.29, 1.82) is 0 Å². The summed E-state index contributed by atoms with van der Waals surface area (Å²) in [4.78, 5) is 5.75. The van der Waals surface area contributed by atoms with Crippen LogP contribution in [0.3, 0.4) is 0 Å². The van der Waals surface area contributed by atoms with Gasteiger partial charge in [0.25, 0.3) is 0 Å². The zero-order valence-corrected chi connectivity index (χ0v) is 38.6. The fourth-order valence-electron chi connectivity index (χ4n) is 13.6. The number of rotatable bonds is 4.